The smallest absolute Gasteiger partial charge is 0.333 e. The molecule has 0 spiro atoms. The summed E-state index contributed by atoms with van der Waals surface area (Å²) < 4.78 is 4.94. The standard InChI is InChI=1S/C17H32O3/c1-7-20-17(19)15(6)11-14(5)16(18)9-8-13(4)10-12(2)3/h11-14,16,18H,7-10H2,1-6H3/b15-11+/t13-,14-,16-/m1/s1. The first-order chi connectivity index (χ1) is 9.27. The lowest BCUT2D eigenvalue weighted by molar-refractivity contribution is -0.138. The molecule has 118 valence electrons. The Morgan fingerprint density at radius 3 is 2.30 bits per heavy atom. The van der Waals surface area contributed by atoms with E-state index in [2.05, 4.69) is 20.8 Å². The molecule has 3 atom stereocenters. The number of aliphatic hydroxyl groups is 1. The van der Waals surface area contributed by atoms with Crippen LogP contribution in [0.25, 0.3) is 0 Å². The van der Waals surface area contributed by atoms with Gasteiger partial charge < -0.3 is 9.84 Å². The number of rotatable bonds is 9. The molecule has 3 nitrogen and oxygen atoms in total. The lowest BCUT2D eigenvalue weighted by atomic mass is 9.90. The topological polar surface area (TPSA) is 46.5 Å². The maximum Gasteiger partial charge on any atom is 0.333 e. The molecule has 0 aromatic heterocycles. The van der Waals surface area contributed by atoms with E-state index in [0.29, 0.717) is 24.0 Å². The van der Waals surface area contributed by atoms with Gasteiger partial charge in [-0.2, -0.15) is 0 Å². The molecule has 3 heteroatoms. The van der Waals surface area contributed by atoms with Gasteiger partial charge in [-0.25, -0.2) is 4.79 Å². The van der Waals surface area contributed by atoms with Gasteiger partial charge in [0.25, 0.3) is 0 Å². The summed E-state index contributed by atoms with van der Waals surface area (Å²) in [6, 6.07) is 0. The van der Waals surface area contributed by atoms with Gasteiger partial charge in [-0.1, -0.05) is 33.8 Å². The number of esters is 1. The summed E-state index contributed by atoms with van der Waals surface area (Å²) in [5.41, 5.74) is 0.577. The summed E-state index contributed by atoms with van der Waals surface area (Å²) in [6.45, 7) is 12.5. The molecule has 0 bridgehead atoms. The largest absolute Gasteiger partial charge is 0.463 e. The van der Waals surface area contributed by atoms with E-state index in [0.717, 1.165) is 12.8 Å². The first-order valence-electron chi connectivity index (χ1n) is 7.81. The summed E-state index contributed by atoms with van der Waals surface area (Å²) in [5, 5.41) is 10.2. The molecule has 0 saturated carbocycles. The molecular weight excluding hydrogens is 252 g/mol. The molecule has 0 unspecified atom stereocenters. The number of aliphatic hydroxyl groups excluding tert-OH is 1. The highest BCUT2D eigenvalue weighted by atomic mass is 16.5. The van der Waals surface area contributed by atoms with E-state index in [1.807, 2.05) is 13.0 Å². The Balaban J connectivity index is 4.24. The van der Waals surface area contributed by atoms with Crippen molar-refractivity contribution in [1.29, 1.82) is 0 Å². The summed E-state index contributed by atoms with van der Waals surface area (Å²) in [6.07, 6.45) is 4.42. The van der Waals surface area contributed by atoms with Gasteiger partial charge >= 0.3 is 5.97 Å². The van der Waals surface area contributed by atoms with Crippen LogP contribution in [-0.4, -0.2) is 23.8 Å². The minimum Gasteiger partial charge on any atom is -0.463 e. The zero-order valence-corrected chi connectivity index (χ0v) is 14.0. The van der Waals surface area contributed by atoms with Gasteiger partial charge in [0, 0.05) is 11.5 Å². The van der Waals surface area contributed by atoms with Gasteiger partial charge in [0.15, 0.2) is 0 Å². The highest BCUT2D eigenvalue weighted by molar-refractivity contribution is 5.87. The fraction of sp³-hybridized carbons (Fsp3) is 0.824. The average molecular weight is 284 g/mol. The van der Waals surface area contributed by atoms with Gasteiger partial charge in [-0.3, -0.25) is 0 Å². The van der Waals surface area contributed by atoms with Crippen molar-refractivity contribution in [2.45, 2.75) is 66.9 Å². The third-order valence-electron chi connectivity index (χ3n) is 3.55. The first kappa shape index (κ1) is 19.2. The number of ether oxygens (including phenoxy) is 1. The number of carbonyl (C=O) groups is 1. The highest BCUT2D eigenvalue weighted by Gasteiger charge is 2.16. The van der Waals surface area contributed by atoms with Crippen LogP contribution < -0.4 is 0 Å². The maximum atomic E-state index is 11.5. The molecule has 0 radical (unpaired) electrons. The lowest BCUT2D eigenvalue weighted by Crippen LogP contribution is -2.18. The summed E-state index contributed by atoms with van der Waals surface area (Å²) in [5.74, 6) is 1.02. The molecule has 0 rings (SSSR count). The Labute approximate surface area is 124 Å². The quantitative estimate of drug-likeness (QED) is 0.515. The van der Waals surface area contributed by atoms with Crippen LogP contribution in [0.1, 0.15) is 60.8 Å². The van der Waals surface area contributed by atoms with Gasteiger partial charge in [0.05, 0.1) is 12.7 Å². The minimum atomic E-state index is -0.394. The molecule has 0 heterocycles. The zero-order chi connectivity index (χ0) is 15.7. The third kappa shape index (κ3) is 8.36. The van der Waals surface area contributed by atoms with Crippen LogP contribution in [0.3, 0.4) is 0 Å². The van der Waals surface area contributed by atoms with Crippen molar-refractivity contribution < 1.29 is 14.6 Å². The van der Waals surface area contributed by atoms with Crippen molar-refractivity contribution in [3.8, 4) is 0 Å². The Bertz CT molecular complexity index is 307. The monoisotopic (exact) mass is 284 g/mol. The molecule has 0 fully saturated rings. The highest BCUT2D eigenvalue weighted by Crippen LogP contribution is 2.20. The van der Waals surface area contributed by atoms with Crippen LogP contribution in [-0.2, 0) is 9.53 Å². The molecular formula is C17H32O3. The normalized spacial score (nSPS) is 16.9. The van der Waals surface area contributed by atoms with E-state index in [-0.39, 0.29) is 11.9 Å². The SMILES string of the molecule is CCOC(=O)/C(C)=C/[C@@H](C)[C@H](O)CC[C@@H](C)CC(C)C. The Kier molecular flexibility index (Phi) is 9.56. The van der Waals surface area contributed by atoms with E-state index in [9.17, 15) is 9.90 Å². The van der Waals surface area contributed by atoms with Crippen LogP contribution in [0, 0.1) is 17.8 Å². The van der Waals surface area contributed by atoms with Gasteiger partial charge in [-0.15, -0.1) is 0 Å². The molecule has 0 aromatic carbocycles. The predicted octanol–water partition coefficient (Wildman–Crippen LogP) is 3.96. The average Bonchev–Trinajstić information content (AvgIpc) is 2.35. The van der Waals surface area contributed by atoms with Crippen molar-refractivity contribution >= 4 is 5.97 Å². The van der Waals surface area contributed by atoms with E-state index in [1.54, 1.807) is 13.8 Å². The van der Waals surface area contributed by atoms with E-state index < -0.39 is 6.10 Å². The van der Waals surface area contributed by atoms with E-state index in [1.165, 1.54) is 6.42 Å². The van der Waals surface area contributed by atoms with Crippen molar-refractivity contribution in [2.75, 3.05) is 6.61 Å². The Hall–Kier alpha value is -0.830. The van der Waals surface area contributed by atoms with Crippen LogP contribution >= 0.6 is 0 Å². The fourth-order valence-electron chi connectivity index (χ4n) is 2.46. The number of hydrogen-bond acceptors (Lipinski definition) is 3. The predicted molar refractivity (Wildman–Crippen MR) is 83.4 cm³/mol. The van der Waals surface area contributed by atoms with Gasteiger partial charge in [0.1, 0.15) is 0 Å². The Morgan fingerprint density at radius 1 is 1.20 bits per heavy atom. The number of hydrogen-bond donors (Lipinski definition) is 1. The van der Waals surface area contributed by atoms with E-state index >= 15 is 0 Å². The van der Waals surface area contributed by atoms with Gasteiger partial charge in [0.2, 0.25) is 0 Å². The molecule has 0 aliphatic carbocycles. The molecule has 0 saturated heterocycles. The van der Waals surface area contributed by atoms with Crippen molar-refractivity contribution in [1.82, 2.24) is 0 Å². The molecule has 0 aliphatic heterocycles. The minimum absolute atomic E-state index is 0.0225. The fourth-order valence-corrected chi connectivity index (χ4v) is 2.46. The summed E-state index contributed by atoms with van der Waals surface area (Å²) in [4.78, 5) is 11.5. The second-order valence-corrected chi connectivity index (χ2v) is 6.31. The third-order valence-corrected chi connectivity index (χ3v) is 3.55. The van der Waals surface area contributed by atoms with Crippen LogP contribution in [0.2, 0.25) is 0 Å². The molecule has 20 heavy (non-hydrogen) atoms. The van der Waals surface area contributed by atoms with Crippen LogP contribution in [0.5, 0.6) is 0 Å². The summed E-state index contributed by atoms with van der Waals surface area (Å²) >= 11 is 0. The Morgan fingerprint density at radius 2 is 1.80 bits per heavy atom. The molecule has 0 amide bonds. The first-order valence-corrected chi connectivity index (χ1v) is 7.81. The number of carbonyl (C=O) groups excluding carboxylic acids is 1. The van der Waals surface area contributed by atoms with Crippen LogP contribution in [0.15, 0.2) is 11.6 Å². The van der Waals surface area contributed by atoms with E-state index in [4.69, 9.17) is 4.74 Å². The van der Waals surface area contributed by atoms with Crippen LogP contribution in [0.4, 0.5) is 0 Å². The lowest BCUT2D eigenvalue weighted by Gasteiger charge is -2.19. The second-order valence-electron chi connectivity index (χ2n) is 6.31. The second kappa shape index (κ2) is 9.98. The van der Waals surface area contributed by atoms with Gasteiger partial charge in [-0.05, 0) is 44.9 Å². The van der Waals surface area contributed by atoms with Crippen molar-refractivity contribution in [2.24, 2.45) is 17.8 Å². The summed E-state index contributed by atoms with van der Waals surface area (Å²) in [7, 11) is 0. The molecule has 1 N–H and O–H groups in total. The van der Waals surface area contributed by atoms with Crippen molar-refractivity contribution in [3.63, 3.8) is 0 Å². The van der Waals surface area contributed by atoms with Crippen molar-refractivity contribution in [3.05, 3.63) is 11.6 Å². The molecule has 0 aromatic rings. The maximum absolute atomic E-state index is 11.5. The molecule has 0 aliphatic rings. The zero-order valence-electron chi connectivity index (χ0n) is 14.0.